The number of fused-ring (bicyclic) bond motifs is 1. The summed E-state index contributed by atoms with van der Waals surface area (Å²) in [6.45, 7) is 2.93. The van der Waals surface area contributed by atoms with Crippen LogP contribution in [0, 0.1) is 0 Å². The SMILES string of the molecule is CC(Br)CCN(C)C(=O)c1cc2c(s1)CCCC2. The number of nitrogens with zero attached hydrogens (tertiary/aromatic N) is 1. The minimum atomic E-state index is 0.183. The van der Waals surface area contributed by atoms with Gasteiger partial charge in [0, 0.05) is 23.3 Å². The van der Waals surface area contributed by atoms with Crippen molar-refractivity contribution in [1.82, 2.24) is 4.90 Å². The van der Waals surface area contributed by atoms with E-state index in [1.54, 1.807) is 11.3 Å². The summed E-state index contributed by atoms with van der Waals surface area (Å²) in [4.78, 5) is 17.0. The molecule has 0 spiro atoms. The Bertz CT molecular complexity index is 404. The molecule has 0 aliphatic heterocycles. The van der Waals surface area contributed by atoms with Gasteiger partial charge in [0.25, 0.3) is 5.91 Å². The summed E-state index contributed by atoms with van der Waals surface area (Å²) in [5.41, 5.74) is 1.41. The number of carbonyl (C=O) groups is 1. The molecule has 4 heteroatoms. The number of aryl methyl sites for hydroxylation is 2. The molecule has 1 aromatic rings. The topological polar surface area (TPSA) is 20.3 Å². The molecule has 0 fully saturated rings. The van der Waals surface area contributed by atoms with Crippen LogP contribution in [0.3, 0.4) is 0 Å². The zero-order valence-electron chi connectivity index (χ0n) is 11.0. The molecule has 1 heterocycles. The monoisotopic (exact) mass is 329 g/mol. The largest absolute Gasteiger partial charge is 0.341 e. The summed E-state index contributed by atoms with van der Waals surface area (Å²) in [6.07, 6.45) is 5.86. The molecule has 100 valence electrons. The number of rotatable bonds is 4. The minimum Gasteiger partial charge on any atom is -0.341 e. The molecule has 0 N–H and O–H groups in total. The average Bonchev–Trinajstić information content (AvgIpc) is 2.78. The number of amides is 1. The predicted molar refractivity (Wildman–Crippen MR) is 80.9 cm³/mol. The van der Waals surface area contributed by atoms with Gasteiger partial charge in [-0.05, 0) is 43.7 Å². The highest BCUT2D eigenvalue weighted by Crippen LogP contribution is 2.30. The number of alkyl halides is 1. The lowest BCUT2D eigenvalue weighted by Crippen LogP contribution is -2.28. The van der Waals surface area contributed by atoms with Crippen molar-refractivity contribution in [2.24, 2.45) is 0 Å². The van der Waals surface area contributed by atoms with E-state index in [0.29, 0.717) is 4.83 Å². The number of carbonyl (C=O) groups excluding carboxylic acids is 1. The average molecular weight is 330 g/mol. The Morgan fingerprint density at radius 3 is 2.89 bits per heavy atom. The second-order valence-corrected chi connectivity index (χ2v) is 7.76. The molecular formula is C14H20BrNOS. The van der Waals surface area contributed by atoms with E-state index in [1.807, 2.05) is 11.9 Å². The summed E-state index contributed by atoms with van der Waals surface area (Å²) in [7, 11) is 1.90. The summed E-state index contributed by atoms with van der Waals surface area (Å²) >= 11 is 5.22. The maximum Gasteiger partial charge on any atom is 0.263 e. The molecule has 1 atom stereocenters. The highest BCUT2D eigenvalue weighted by Gasteiger charge is 2.19. The van der Waals surface area contributed by atoms with Gasteiger partial charge in [-0.25, -0.2) is 0 Å². The van der Waals surface area contributed by atoms with Gasteiger partial charge in [-0.3, -0.25) is 4.79 Å². The highest BCUT2D eigenvalue weighted by atomic mass is 79.9. The highest BCUT2D eigenvalue weighted by molar-refractivity contribution is 9.09. The maximum atomic E-state index is 12.3. The van der Waals surface area contributed by atoms with Crippen molar-refractivity contribution in [3.05, 3.63) is 21.4 Å². The zero-order chi connectivity index (χ0) is 13.1. The van der Waals surface area contributed by atoms with Crippen LogP contribution >= 0.6 is 27.3 Å². The molecule has 0 saturated carbocycles. The molecule has 0 bridgehead atoms. The van der Waals surface area contributed by atoms with E-state index in [1.165, 1.54) is 23.3 Å². The lowest BCUT2D eigenvalue weighted by molar-refractivity contribution is 0.0798. The van der Waals surface area contributed by atoms with Gasteiger partial charge >= 0.3 is 0 Å². The Morgan fingerprint density at radius 1 is 1.50 bits per heavy atom. The Balaban J connectivity index is 2.02. The number of halogens is 1. The Labute approximate surface area is 122 Å². The first-order valence-corrected chi connectivity index (χ1v) is 8.32. The first-order valence-electron chi connectivity index (χ1n) is 6.59. The van der Waals surface area contributed by atoms with E-state index >= 15 is 0 Å². The molecule has 0 saturated heterocycles. The second kappa shape index (κ2) is 6.20. The van der Waals surface area contributed by atoms with Crippen LogP contribution in [0.4, 0.5) is 0 Å². The van der Waals surface area contributed by atoms with Crippen molar-refractivity contribution in [2.45, 2.75) is 43.9 Å². The molecule has 1 aromatic heterocycles. The molecule has 1 unspecified atom stereocenters. The molecule has 18 heavy (non-hydrogen) atoms. The van der Waals surface area contributed by atoms with Crippen molar-refractivity contribution >= 4 is 33.2 Å². The molecule has 2 nitrogen and oxygen atoms in total. The van der Waals surface area contributed by atoms with Crippen LogP contribution in [0.5, 0.6) is 0 Å². The van der Waals surface area contributed by atoms with Gasteiger partial charge in [-0.2, -0.15) is 0 Å². The van der Waals surface area contributed by atoms with E-state index < -0.39 is 0 Å². The van der Waals surface area contributed by atoms with Gasteiger partial charge in [0.15, 0.2) is 0 Å². The van der Waals surface area contributed by atoms with Crippen LogP contribution in [0.2, 0.25) is 0 Å². The minimum absolute atomic E-state index is 0.183. The van der Waals surface area contributed by atoms with Crippen LogP contribution in [-0.4, -0.2) is 29.2 Å². The predicted octanol–water partition coefficient (Wildman–Crippen LogP) is 3.87. The first kappa shape index (κ1) is 14.1. The summed E-state index contributed by atoms with van der Waals surface area (Å²) in [5.74, 6) is 0.183. The van der Waals surface area contributed by atoms with Crippen LogP contribution in [0.25, 0.3) is 0 Å². The summed E-state index contributed by atoms with van der Waals surface area (Å²) in [6, 6.07) is 2.12. The smallest absolute Gasteiger partial charge is 0.263 e. The van der Waals surface area contributed by atoms with Gasteiger partial charge in [0.1, 0.15) is 0 Å². The van der Waals surface area contributed by atoms with E-state index in [4.69, 9.17) is 0 Å². The summed E-state index contributed by atoms with van der Waals surface area (Å²) in [5, 5.41) is 0. The van der Waals surface area contributed by atoms with Gasteiger partial charge in [0.05, 0.1) is 4.88 Å². The van der Waals surface area contributed by atoms with Gasteiger partial charge < -0.3 is 4.90 Å². The molecule has 1 aliphatic carbocycles. The Morgan fingerprint density at radius 2 is 2.22 bits per heavy atom. The van der Waals surface area contributed by atoms with Crippen molar-refractivity contribution in [3.63, 3.8) is 0 Å². The van der Waals surface area contributed by atoms with E-state index in [-0.39, 0.29) is 5.91 Å². The number of hydrogen-bond donors (Lipinski definition) is 0. The second-order valence-electron chi connectivity index (χ2n) is 5.06. The van der Waals surface area contributed by atoms with Crippen LogP contribution < -0.4 is 0 Å². The Hall–Kier alpha value is -0.350. The molecular weight excluding hydrogens is 310 g/mol. The maximum absolute atomic E-state index is 12.3. The van der Waals surface area contributed by atoms with Gasteiger partial charge in [-0.15, -0.1) is 11.3 Å². The van der Waals surface area contributed by atoms with Crippen molar-refractivity contribution in [1.29, 1.82) is 0 Å². The third-order valence-electron chi connectivity index (χ3n) is 3.42. The molecule has 0 radical (unpaired) electrons. The molecule has 1 amide bonds. The number of thiophene rings is 1. The molecule has 2 rings (SSSR count). The van der Waals surface area contributed by atoms with E-state index in [9.17, 15) is 4.79 Å². The third kappa shape index (κ3) is 3.35. The third-order valence-corrected chi connectivity index (χ3v) is 5.10. The normalized spacial score (nSPS) is 16.2. The lowest BCUT2D eigenvalue weighted by atomic mass is 9.99. The van der Waals surface area contributed by atoms with Crippen molar-refractivity contribution < 1.29 is 4.79 Å². The van der Waals surface area contributed by atoms with Crippen molar-refractivity contribution in [2.75, 3.05) is 13.6 Å². The first-order chi connectivity index (χ1) is 8.58. The van der Waals surface area contributed by atoms with Crippen LogP contribution in [-0.2, 0) is 12.8 Å². The molecule has 1 aliphatic rings. The molecule has 0 aromatic carbocycles. The summed E-state index contributed by atoms with van der Waals surface area (Å²) < 4.78 is 0. The van der Waals surface area contributed by atoms with Crippen LogP contribution in [0.1, 0.15) is 46.3 Å². The van der Waals surface area contributed by atoms with Crippen molar-refractivity contribution in [3.8, 4) is 0 Å². The quantitative estimate of drug-likeness (QED) is 0.768. The van der Waals surface area contributed by atoms with Crippen LogP contribution in [0.15, 0.2) is 6.07 Å². The fourth-order valence-corrected chi connectivity index (χ4v) is 3.71. The van der Waals surface area contributed by atoms with E-state index in [2.05, 4.69) is 28.9 Å². The zero-order valence-corrected chi connectivity index (χ0v) is 13.4. The fraction of sp³-hybridized carbons (Fsp3) is 0.643. The lowest BCUT2D eigenvalue weighted by Gasteiger charge is -2.16. The Kier molecular flexibility index (Phi) is 4.84. The van der Waals surface area contributed by atoms with Gasteiger partial charge in [0.2, 0.25) is 0 Å². The fourth-order valence-electron chi connectivity index (χ4n) is 2.26. The number of hydrogen-bond acceptors (Lipinski definition) is 2. The standard InChI is InChI=1S/C14H20BrNOS/c1-10(15)7-8-16(2)14(17)13-9-11-5-3-4-6-12(11)18-13/h9-10H,3-8H2,1-2H3. The van der Waals surface area contributed by atoms with E-state index in [0.717, 1.165) is 30.7 Å². The van der Waals surface area contributed by atoms with Gasteiger partial charge in [-0.1, -0.05) is 22.9 Å².